The monoisotopic (exact) mass is 559 g/mol. The Morgan fingerprint density at radius 2 is 1.29 bits per heavy atom. The maximum absolute atomic E-state index is 13.9. The van der Waals surface area contributed by atoms with Crippen molar-refractivity contribution in [2.45, 2.75) is 59.5 Å². The molecule has 0 N–H and O–H groups in total. The predicted octanol–water partition coefficient (Wildman–Crippen LogP) is 6.74. The van der Waals surface area contributed by atoms with Gasteiger partial charge in [-0.3, -0.25) is 4.79 Å². The summed E-state index contributed by atoms with van der Waals surface area (Å²) in [4.78, 5) is 16.0. The maximum Gasteiger partial charge on any atom is 0.255 e. The molecule has 0 saturated heterocycles. The van der Waals surface area contributed by atoms with Gasteiger partial charge in [0.1, 0.15) is 6.54 Å². The second-order valence-corrected chi connectivity index (χ2v) is 12.3. The van der Waals surface area contributed by atoms with Crippen molar-refractivity contribution in [2.24, 2.45) is 0 Å². The fourth-order valence-electron chi connectivity index (χ4n) is 6.57. The molecule has 0 fully saturated rings. The molecule has 1 heterocycles. The van der Waals surface area contributed by atoms with Crippen LogP contribution in [-0.2, 0) is 13.0 Å². The molecule has 0 aliphatic carbocycles. The van der Waals surface area contributed by atoms with Gasteiger partial charge in [0, 0.05) is 17.7 Å². The average molecular weight is 560 g/mol. The topological polar surface area (TPSA) is 48.0 Å². The molecule has 1 unspecified atom stereocenters. The number of hydrogen-bond acceptors (Lipinski definition) is 4. The number of aryl methyl sites for hydroxylation is 4. The van der Waals surface area contributed by atoms with Crippen LogP contribution in [0.5, 0.6) is 17.2 Å². The molecule has 1 aliphatic heterocycles. The molecule has 1 aliphatic rings. The number of carbonyl (C=O) groups is 1. The summed E-state index contributed by atoms with van der Waals surface area (Å²) < 4.78 is 18.1. The highest BCUT2D eigenvalue weighted by Crippen LogP contribution is 2.50. The molecule has 0 aromatic heterocycles. The molecule has 3 aromatic rings. The van der Waals surface area contributed by atoms with Crippen molar-refractivity contribution in [3.63, 3.8) is 0 Å². The number of ether oxygens (including phenoxy) is 3. The Morgan fingerprint density at radius 1 is 0.732 bits per heavy atom. The highest BCUT2D eigenvalue weighted by atomic mass is 16.5. The van der Waals surface area contributed by atoms with E-state index in [0.717, 1.165) is 36.0 Å². The predicted molar refractivity (Wildman–Crippen MR) is 165 cm³/mol. The first-order valence-electron chi connectivity index (χ1n) is 14.6. The molecular formula is C35H47N2O4+. The van der Waals surface area contributed by atoms with Crippen molar-refractivity contribution in [2.75, 3.05) is 48.5 Å². The summed E-state index contributed by atoms with van der Waals surface area (Å²) in [6, 6.07) is 15.1. The zero-order valence-electron chi connectivity index (χ0n) is 26.4. The molecule has 0 bridgehead atoms. The Hall–Kier alpha value is -3.51. The summed E-state index contributed by atoms with van der Waals surface area (Å²) >= 11 is 0. The number of methoxy groups -OCH3 is 3. The van der Waals surface area contributed by atoms with E-state index in [1.165, 1.54) is 33.4 Å². The lowest BCUT2D eigenvalue weighted by molar-refractivity contribution is -0.903. The van der Waals surface area contributed by atoms with Crippen LogP contribution in [0.4, 0.5) is 0 Å². The largest absolute Gasteiger partial charge is 0.493 e. The Morgan fingerprint density at radius 3 is 1.83 bits per heavy atom. The van der Waals surface area contributed by atoms with Crippen molar-refractivity contribution < 1.29 is 23.5 Å². The Bertz CT molecular complexity index is 1370. The molecule has 41 heavy (non-hydrogen) atoms. The summed E-state index contributed by atoms with van der Waals surface area (Å²) in [7, 11) is 9.42. The standard InChI is InChI=1S/C35H47N2O4/c1-23-14-24(2)17-27(16-23)20-30-32-29(21-31(39-7)33(40-8)34(32)41-9)35(38)36(30)12-10-11-13-37(5,6)22-28-18-25(3)15-26(4)19-28/h14-19,21,30H,10-13,20,22H2,1-9H3/q+1. The Kier molecular flexibility index (Phi) is 9.33. The van der Waals surface area contributed by atoms with Gasteiger partial charge in [-0.15, -0.1) is 0 Å². The molecule has 6 nitrogen and oxygen atoms in total. The van der Waals surface area contributed by atoms with Gasteiger partial charge in [0.05, 0.1) is 53.6 Å². The van der Waals surface area contributed by atoms with Crippen molar-refractivity contribution in [3.05, 3.63) is 87.0 Å². The number of quaternary nitrogens is 1. The van der Waals surface area contributed by atoms with Crippen LogP contribution >= 0.6 is 0 Å². The molecule has 4 rings (SSSR count). The fourth-order valence-corrected chi connectivity index (χ4v) is 6.57. The third kappa shape index (κ3) is 6.87. The quantitative estimate of drug-likeness (QED) is 0.182. The lowest BCUT2D eigenvalue weighted by Gasteiger charge is -2.31. The van der Waals surface area contributed by atoms with Crippen molar-refractivity contribution in [1.29, 1.82) is 0 Å². The number of hydrogen-bond donors (Lipinski definition) is 0. The van der Waals surface area contributed by atoms with E-state index in [4.69, 9.17) is 14.2 Å². The van der Waals surface area contributed by atoms with E-state index < -0.39 is 0 Å². The Labute approximate surface area is 246 Å². The van der Waals surface area contributed by atoms with E-state index in [0.29, 0.717) is 35.8 Å². The molecule has 6 heteroatoms. The highest BCUT2D eigenvalue weighted by Gasteiger charge is 2.41. The van der Waals surface area contributed by atoms with Crippen LogP contribution in [0.25, 0.3) is 0 Å². The molecular weight excluding hydrogens is 512 g/mol. The third-order valence-electron chi connectivity index (χ3n) is 8.08. The van der Waals surface area contributed by atoms with Gasteiger partial charge in [-0.2, -0.15) is 0 Å². The number of carbonyl (C=O) groups excluding carboxylic acids is 1. The molecule has 0 saturated carbocycles. The van der Waals surface area contributed by atoms with Gasteiger partial charge >= 0.3 is 0 Å². The van der Waals surface area contributed by atoms with Crippen LogP contribution in [0.15, 0.2) is 42.5 Å². The van der Waals surface area contributed by atoms with Crippen molar-refractivity contribution >= 4 is 5.91 Å². The smallest absolute Gasteiger partial charge is 0.255 e. The van der Waals surface area contributed by atoms with Gasteiger partial charge in [-0.25, -0.2) is 0 Å². The zero-order valence-corrected chi connectivity index (χ0v) is 26.4. The van der Waals surface area contributed by atoms with E-state index in [2.05, 4.69) is 78.2 Å². The van der Waals surface area contributed by atoms with Crippen molar-refractivity contribution in [3.8, 4) is 17.2 Å². The number of benzene rings is 3. The van der Waals surface area contributed by atoms with Gasteiger partial charge in [0.2, 0.25) is 5.75 Å². The molecule has 1 amide bonds. The highest BCUT2D eigenvalue weighted by molar-refractivity contribution is 6.01. The van der Waals surface area contributed by atoms with E-state index in [1.807, 2.05) is 11.0 Å². The zero-order chi connectivity index (χ0) is 29.9. The molecule has 3 aromatic carbocycles. The van der Waals surface area contributed by atoms with Gasteiger partial charge < -0.3 is 23.6 Å². The normalized spacial score (nSPS) is 14.8. The van der Waals surface area contributed by atoms with E-state index >= 15 is 0 Å². The molecule has 220 valence electrons. The summed E-state index contributed by atoms with van der Waals surface area (Å²) in [6.07, 6.45) is 2.66. The maximum atomic E-state index is 13.9. The molecule has 0 radical (unpaired) electrons. The lowest BCUT2D eigenvalue weighted by Crippen LogP contribution is -2.40. The van der Waals surface area contributed by atoms with Gasteiger partial charge in [0.15, 0.2) is 11.5 Å². The average Bonchev–Trinajstić information content (AvgIpc) is 3.13. The minimum Gasteiger partial charge on any atom is -0.493 e. The number of rotatable bonds is 12. The Balaban J connectivity index is 1.57. The van der Waals surface area contributed by atoms with E-state index in [-0.39, 0.29) is 11.9 Å². The first-order chi connectivity index (χ1) is 19.5. The summed E-state index contributed by atoms with van der Waals surface area (Å²) in [5.74, 6) is 1.64. The second-order valence-electron chi connectivity index (χ2n) is 12.3. The first kappa shape index (κ1) is 30.4. The van der Waals surface area contributed by atoms with E-state index in [1.54, 1.807) is 21.3 Å². The third-order valence-corrected chi connectivity index (χ3v) is 8.08. The van der Waals surface area contributed by atoms with E-state index in [9.17, 15) is 4.79 Å². The number of amides is 1. The first-order valence-corrected chi connectivity index (χ1v) is 14.6. The van der Waals surface area contributed by atoms with Crippen molar-refractivity contribution in [1.82, 2.24) is 4.90 Å². The molecule has 0 spiro atoms. The second kappa shape index (κ2) is 12.6. The minimum atomic E-state index is -0.147. The number of unbranched alkanes of at least 4 members (excludes halogenated alkanes) is 1. The van der Waals surface area contributed by atoms with Gasteiger partial charge in [-0.1, -0.05) is 58.7 Å². The van der Waals surface area contributed by atoms with Crippen LogP contribution in [0.2, 0.25) is 0 Å². The summed E-state index contributed by atoms with van der Waals surface area (Å²) in [6.45, 7) is 11.3. The summed E-state index contributed by atoms with van der Waals surface area (Å²) in [5, 5.41) is 0. The lowest BCUT2D eigenvalue weighted by atomic mass is 9.94. The van der Waals surface area contributed by atoms with Gasteiger partial charge in [0.25, 0.3) is 5.91 Å². The number of nitrogens with zero attached hydrogens (tertiary/aromatic N) is 2. The fraction of sp³-hybridized carbons (Fsp3) is 0.457. The van der Waals surface area contributed by atoms with Crippen LogP contribution in [0.1, 0.15) is 68.2 Å². The minimum absolute atomic E-state index is 0.0256. The van der Waals surface area contributed by atoms with Crippen LogP contribution in [-0.4, -0.2) is 63.8 Å². The number of fused-ring (bicyclic) bond motifs is 1. The van der Waals surface area contributed by atoms with Crippen LogP contribution in [0, 0.1) is 27.7 Å². The van der Waals surface area contributed by atoms with Gasteiger partial charge in [-0.05, 0) is 58.6 Å². The molecule has 1 atom stereocenters. The SMILES string of the molecule is COc1cc2c(c(OC)c1OC)C(Cc1cc(C)cc(C)c1)N(CCCC[N+](C)(C)Cc1cc(C)cc(C)c1)C2=O. The summed E-state index contributed by atoms with van der Waals surface area (Å²) in [5.41, 5.74) is 9.18. The van der Waals surface area contributed by atoms with Crippen LogP contribution in [0.3, 0.4) is 0 Å². The van der Waals surface area contributed by atoms with Crippen LogP contribution < -0.4 is 14.2 Å².